The first kappa shape index (κ1) is 11.5. The molecule has 2 aromatic heterocycles. The molecule has 6 nitrogen and oxygen atoms in total. The van der Waals surface area contributed by atoms with Crippen molar-refractivity contribution in [1.29, 1.82) is 0 Å². The van der Waals surface area contributed by atoms with E-state index in [2.05, 4.69) is 20.3 Å². The van der Waals surface area contributed by atoms with Gasteiger partial charge < -0.3 is 15.0 Å². The minimum atomic E-state index is -0.170. The minimum absolute atomic E-state index is 0.170. The molecule has 2 rings (SSSR count). The zero-order chi connectivity index (χ0) is 12.1. The van der Waals surface area contributed by atoms with Crippen LogP contribution in [0.1, 0.15) is 6.92 Å². The van der Waals surface area contributed by atoms with Gasteiger partial charge >= 0.3 is 0 Å². The molecule has 2 N–H and O–H groups in total. The Balaban J connectivity index is 2.11. The number of H-pyrrole nitrogens is 1. The number of pyridine rings is 1. The molecule has 0 atom stereocenters. The average Bonchev–Trinajstić information content (AvgIpc) is 2.34. The molecular formula is C11H14N4O2. The van der Waals surface area contributed by atoms with Gasteiger partial charge in [-0.1, -0.05) is 0 Å². The first-order valence-electron chi connectivity index (χ1n) is 5.47. The molecule has 2 aromatic rings. The van der Waals surface area contributed by atoms with Crippen LogP contribution in [0, 0.1) is 0 Å². The topological polar surface area (TPSA) is 79.9 Å². The second kappa shape index (κ2) is 5.40. The van der Waals surface area contributed by atoms with Gasteiger partial charge in [-0.15, -0.1) is 0 Å². The van der Waals surface area contributed by atoms with E-state index in [9.17, 15) is 4.79 Å². The number of fused-ring (bicyclic) bond motifs is 1. The number of nitrogens with one attached hydrogen (secondary N) is 2. The number of aromatic nitrogens is 3. The molecule has 0 aliphatic carbocycles. The highest BCUT2D eigenvalue weighted by molar-refractivity contribution is 5.74. The second-order valence-corrected chi connectivity index (χ2v) is 3.44. The van der Waals surface area contributed by atoms with Crippen molar-refractivity contribution in [2.75, 3.05) is 25.1 Å². The van der Waals surface area contributed by atoms with Crippen molar-refractivity contribution in [3.05, 3.63) is 28.7 Å². The summed E-state index contributed by atoms with van der Waals surface area (Å²) >= 11 is 0. The molecule has 90 valence electrons. The summed E-state index contributed by atoms with van der Waals surface area (Å²) in [7, 11) is 0. The van der Waals surface area contributed by atoms with E-state index in [1.165, 1.54) is 6.07 Å². The molecule has 6 heteroatoms. The summed E-state index contributed by atoms with van der Waals surface area (Å²) in [5.74, 6) is 0.485. The van der Waals surface area contributed by atoms with Crippen molar-refractivity contribution >= 4 is 17.0 Å². The van der Waals surface area contributed by atoms with Crippen molar-refractivity contribution in [1.82, 2.24) is 15.0 Å². The third-order valence-electron chi connectivity index (χ3n) is 2.21. The number of anilines is 1. The fraction of sp³-hybridized carbons (Fsp3) is 0.364. The standard InChI is InChI=1S/C11H14N4O2/c1-2-17-6-5-12-11-13-7-8-3-4-9(16)14-10(8)15-11/h3-4,7H,2,5-6H2,1H3,(H2,12,13,14,15,16). The van der Waals surface area contributed by atoms with Crippen molar-refractivity contribution in [3.63, 3.8) is 0 Å². The van der Waals surface area contributed by atoms with E-state index in [1.54, 1.807) is 12.3 Å². The lowest BCUT2D eigenvalue weighted by Crippen LogP contribution is -2.12. The molecule has 0 fully saturated rings. The quantitative estimate of drug-likeness (QED) is 0.747. The maximum Gasteiger partial charge on any atom is 0.249 e. The molecule has 17 heavy (non-hydrogen) atoms. The minimum Gasteiger partial charge on any atom is -0.380 e. The number of hydrogen-bond acceptors (Lipinski definition) is 5. The van der Waals surface area contributed by atoms with E-state index in [0.717, 1.165) is 5.39 Å². The van der Waals surface area contributed by atoms with Gasteiger partial charge in [0.05, 0.1) is 6.61 Å². The molecule has 0 saturated carbocycles. The monoisotopic (exact) mass is 234 g/mol. The maximum atomic E-state index is 11.1. The Kier molecular flexibility index (Phi) is 3.66. The van der Waals surface area contributed by atoms with Gasteiger partial charge in [0.25, 0.3) is 0 Å². The average molecular weight is 234 g/mol. The maximum absolute atomic E-state index is 11.1. The molecule has 2 heterocycles. The Bertz CT molecular complexity index is 552. The number of aromatic amines is 1. The summed E-state index contributed by atoms with van der Waals surface area (Å²) in [4.78, 5) is 22.1. The van der Waals surface area contributed by atoms with E-state index < -0.39 is 0 Å². The van der Waals surface area contributed by atoms with E-state index in [-0.39, 0.29) is 5.56 Å². The summed E-state index contributed by atoms with van der Waals surface area (Å²) in [5, 5.41) is 3.83. The molecule has 0 aliphatic heterocycles. The van der Waals surface area contributed by atoms with Gasteiger partial charge in [-0.05, 0) is 13.0 Å². The lowest BCUT2D eigenvalue weighted by Gasteiger charge is -2.05. The summed E-state index contributed by atoms with van der Waals surface area (Å²) in [6, 6.07) is 3.14. The van der Waals surface area contributed by atoms with Crippen molar-refractivity contribution in [3.8, 4) is 0 Å². The van der Waals surface area contributed by atoms with Crippen molar-refractivity contribution in [2.24, 2.45) is 0 Å². The molecule has 0 aromatic carbocycles. The first-order valence-corrected chi connectivity index (χ1v) is 5.47. The molecular weight excluding hydrogens is 220 g/mol. The van der Waals surface area contributed by atoms with Crippen LogP contribution in [0.2, 0.25) is 0 Å². The summed E-state index contributed by atoms with van der Waals surface area (Å²) < 4.78 is 5.19. The van der Waals surface area contributed by atoms with Gasteiger partial charge in [-0.3, -0.25) is 4.79 Å². The predicted molar refractivity (Wildman–Crippen MR) is 65.1 cm³/mol. The fourth-order valence-corrected chi connectivity index (χ4v) is 1.40. The van der Waals surface area contributed by atoms with Crippen LogP contribution in [0.25, 0.3) is 11.0 Å². The lowest BCUT2D eigenvalue weighted by molar-refractivity contribution is 0.158. The first-order chi connectivity index (χ1) is 8.29. The number of rotatable bonds is 5. The Morgan fingerprint density at radius 3 is 3.18 bits per heavy atom. The normalized spacial score (nSPS) is 10.6. The fourth-order valence-electron chi connectivity index (χ4n) is 1.40. The molecule has 0 bridgehead atoms. The van der Waals surface area contributed by atoms with Crippen LogP contribution in [-0.2, 0) is 4.74 Å². The largest absolute Gasteiger partial charge is 0.380 e. The van der Waals surface area contributed by atoms with E-state index in [1.807, 2.05) is 6.92 Å². The van der Waals surface area contributed by atoms with Crippen molar-refractivity contribution in [2.45, 2.75) is 6.92 Å². The zero-order valence-corrected chi connectivity index (χ0v) is 9.56. The van der Waals surface area contributed by atoms with Crippen LogP contribution in [-0.4, -0.2) is 34.7 Å². The third-order valence-corrected chi connectivity index (χ3v) is 2.21. The van der Waals surface area contributed by atoms with Crippen LogP contribution >= 0.6 is 0 Å². The molecule has 0 saturated heterocycles. The highest BCUT2D eigenvalue weighted by Crippen LogP contribution is 2.07. The Morgan fingerprint density at radius 1 is 1.47 bits per heavy atom. The van der Waals surface area contributed by atoms with Gasteiger partial charge in [0.2, 0.25) is 11.5 Å². The second-order valence-electron chi connectivity index (χ2n) is 3.44. The van der Waals surface area contributed by atoms with Gasteiger partial charge in [0.15, 0.2) is 0 Å². The van der Waals surface area contributed by atoms with Gasteiger partial charge in [0, 0.05) is 30.8 Å². The lowest BCUT2D eigenvalue weighted by atomic mass is 10.3. The van der Waals surface area contributed by atoms with E-state index >= 15 is 0 Å². The van der Waals surface area contributed by atoms with Crippen LogP contribution in [0.4, 0.5) is 5.95 Å². The zero-order valence-electron chi connectivity index (χ0n) is 9.56. The third kappa shape index (κ3) is 3.01. The van der Waals surface area contributed by atoms with Crippen LogP contribution in [0.15, 0.2) is 23.1 Å². The summed E-state index contributed by atoms with van der Waals surface area (Å²) in [6.07, 6.45) is 1.67. The predicted octanol–water partition coefficient (Wildman–Crippen LogP) is 0.766. The molecule has 0 aliphatic rings. The summed E-state index contributed by atoms with van der Waals surface area (Å²) in [6.45, 7) is 3.87. The number of nitrogens with zero attached hydrogens (tertiary/aromatic N) is 2. The molecule has 0 unspecified atom stereocenters. The van der Waals surface area contributed by atoms with Gasteiger partial charge in [0.1, 0.15) is 5.65 Å². The highest BCUT2D eigenvalue weighted by atomic mass is 16.5. The van der Waals surface area contributed by atoms with Crippen molar-refractivity contribution < 1.29 is 4.74 Å². The van der Waals surface area contributed by atoms with Crippen LogP contribution in [0.3, 0.4) is 0 Å². The number of ether oxygens (including phenoxy) is 1. The Hall–Kier alpha value is -1.95. The van der Waals surface area contributed by atoms with Crippen LogP contribution < -0.4 is 10.9 Å². The van der Waals surface area contributed by atoms with Gasteiger partial charge in [-0.2, -0.15) is 4.98 Å². The van der Waals surface area contributed by atoms with Crippen LogP contribution in [0.5, 0.6) is 0 Å². The van der Waals surface area contributed by atoms with Gasteiger partial charge in [-0.25, -0.2) is 4.98 Å². The summed E-state index contributed by atoms with van der Waals surface area (Å²) in [5.41, 5.74) is 0.364. The highest BCUT2D eigenvalue weighted by Gasteiger charge is 1.99. The van der Waals surface area contributed by atoms with E-state index in [0.29, 0.717) is 31.4 Å². The number of hydrogen-bond donors (Lipinski definition) is 2. The molecule has 0 amide bonds. The van der Waals surface area contributed by atoms with E-state index in [4.69, 9.17) is 4.74 Å². The molecule has 0 spiro atoms. The molecule has 0 radical (unpaired) electrons. The Morgan fingerprint density at radius 2 is 2.35 bits per heavy atom. The SMILES string of the molecule is CCOCCNc1ncc2ccc(=O)[nH]c2n1. The smallest absolute Gasteiger partial charge is 0.249 e. The Labute approximate surface area is 98.1 Å².